The van der Waals surface area contributed by atoms with Crippen molar-refractivity contribution in [3.63, 3.8) is 0 Å². The van der Waals surface area contributed by atoms with Crippen LogP contribution in [0, 0.1) is 10.1 Å². The highest BCUT2D eigenvalue weighted by atomic mass is 16.6. The van der Waals surface area contributed by atoms with E-state index < -0.39 is 22.8 Å². The molecule has 0 saturated carbocycles. The van der Waals surface area contributed by atoms with Gasteiger partial charge in [0.25, 0.3) is 5.91 Å². The van der Waals surface area contributed by atoms with Crippen molar-refractivity contribution in [1.29, 1.82) is 0 Å². The van der Waals surface area contributed by atoms with Gasteiger partial charge in [0.1, 0.15) is 12.0 Å². The normalized spacial score (nSPS) is 11.7. The van der Waals surface area contributed by atoms with Crippen molar-refractivity contribution in [1.82, 2.24) is 10.3 Å². The zero-order chi connectivity index (χ0) is 15.2. The summed E-state index contributed by atoms with van der Waals surface area (Å²) in [7, 11) is 0. The number of hydrogen-bond acceptors (Lipinski definition) is 6. The molecule has 1 atom stereocenters. The van der Waals surface area contributed by atoms with Gasteiger partial charge in [0.2, 0.25) is 5.75 Å². The molecule has 8 heteroatoms. The Morgan fingerprint density at radius 3 is 3.00 bits per heavy atom. The summed E-state index contributed by atoms with van der Waals surface area (Å²) in [5.74, 6) is -0.293. The monoisotopic (exact) mass is 291 g/mol. The number of furan rings is 1. The van der Waals surface area contributed by atoms with Crippen LogP contribution in [0.4, 0.5) is 5.82 Å². The first-order valence-corrected chi connectivity index (χ1v) is 6.14. The first-order valence-electron chi connectivity index (χ1n) is 6.14. The summed E-state index contributed by atoms with van der Waals surface area (Å²) >= 11 is 0. The highest BCUT2D eigenvalue weighted by Crippen LogP contribution is 2.23. The van der Waals surface area contributed by atoms with Gasteiger partial charge in [-0.25, -0.2) is 0 Å². The summed E-state index contributed by atoms with van der Waals surface area (Å²) in [5, 5.41) is 13.4. The Morgan fingerprint density at radius 2 is 2.33 bits per heavy atom. The van der Waals surface area contributed by atoms with Gasteiger partial charge in [-0.05, 0) is 41.1 Å². The van der Waals surface area contributed by atoms with Gasteiger partial charge in [-0.15, -0.1) is 0 Å². The van der Waals surface area contributed by atoms with Crippen molar-refractivity contribution < 1.29 is 18.9 Å². The number of hydrogen-bond donors (Lipinski definition) is 1. The molecule has 0 radical (unpaired) electrons. The molecule has 0 fully saturated rings. The Bertz CT molecular complexity index is 626. The minimum Gasteiger partial charge on any atom is -0.473 e. The lowest BCUT2D eigenvalue weighted by molar-refractivity contribution is -0.390. The van der Waals surface area contributed by atoms with Crippen LogP contribution in [-0.2, 0) is 11.3 Å². The molecule has 2 rings (SSSR count). The minimum absolute atomic E-state index is 0.0526. The molecule has 0 saturated heterocycles. The summed E-state index contributed by atoms with van der Waals surface area (Å²) in [4.78, 5) is 25.6. The van der Waals surface area contributed by atoms with E-state index in [-0.39, 0.29) is 12.3 Å². The number of carbonyl (C=O) groups excluding carboxylic acids is 1. The molecule has 110 valence electrons. The topological polar surface area (TPSA) is 108 Å². The Kier molecular flexibility index (Phi) is 4.50. The fraction of sp³-hybridized carbons (Fsp3) is 0.231. The average Bonchev–Trinajstić information content (AvgIpc) is 2.98. The van der Waals surface area contributed by atoms with Crippen LogP contribution in [0.25, 0.3) is 0 Å². The van der Waals surface area contributed by atoms with E-state index in [0.29, 0.717) is 5.76 Å². The molecular formula is C13H13N3O5. The molecule has 0 aliphatic heterocycles. The fourth-order valence-corrected chi connectivity index (χ4v) is 1.59. The SMILES string of the molecule is C[C@H](Oc1cccnc1[N+](=O)[O-])C(=O)NCc1ccco1. The fourth-order valence-electron chi connectivity index (χ4n) is 1.59. The first-order chi connectivity index (χ1) is 10.1. The Hall–Kier alpha value is -2.90. The maximum absolute atomic E-state index is 11.9. The van der Waals surface area contributed by atoms with E-state index in [0.717, 1.165) is 0 Å². The number of nitrogens with zero attached hydrogens (tertiary/aromatic N) is 2. The molecule has 2 aromatic rings. The van der Waals surface area contributed by atoms with Gasteiger partial charge in [0.15, 0.2) is 6.10 Å². The van der Waals surface area contributed by atoms with Crippen molar-refractivity contribution in [2.75, 3.05) is 0 Å². The van der Waals surface area contributed by atoms with Gasteiger partial charge in [-0.3, -0.25) is 4.79 Å². The molecule has 0 spiro atoms. The minimum atomic E-state index is -0.900. The van der Waals surface area contributed by atoms with Crippen LogP contribution in [-0.4, -0.2) is 21.9 Å². The number of aromatic nitrogens is 1. The van der Waals surface area contributed by atoms with Gasteiger partial charge in [0, 0.05) is 0 Å². The van der Waals surface area contributed by atoms with Gasteiger partial charge in [-0.1, -0.05) is 0 Å². The summed E-state index contributed by atoms with van der Waals surface area (Å²) in [6, 6.07) is 6.31. The van der Waals surface area contributed by atoms with Gasteiger partial charge >= 0.3 is 5.82 Å². The zero-order valence-electron chi connectivity index (χ0n) is 11.2. The van der Waals surface area contributed by atoms with Crippen LogP contribution in [0.1, 0.15) is 12.7 Å². The highest BCUT2D eigenvalue weighted by molar-refractivity contribution is 5.80. The molecule has 2 aromatic heterocycles. The second kappa shape index (κ2) is 6.51. The summed E-state index contributed by atoms with van der Waals surface area (Å²) in [6.45, 7) is 1.71. The van der Waals surface area contributed by atoms with Gasteiger partial charge < -0.3 is 24.6 Å². The lowest BCUT2D eigenvalue weighted by Gasteiger charge is -2.13. The van der Waals surface area contributed by atoms with Crippen molar-refractivity contribution in [3.05, 3.63) is 52.6 Å². The third-order valence-corrected chi connectivity index (χ3v) is 2.61. The van der Waals surface area contributed by atoms with Crippen molar-refractivity contribution in [3.8, 4) is 5.75 Å². The van der Waals surface area contributed by atoms with E-state index in [1.165, 1.54) is 31.5 Å². The lowest BCUT2D eigenvalue weighted by Crippen LogP contribution is -2.35. The molecule has 0 unspecified atom stereocenters. The molecule has 0 bridgehead atoms. The van der Waals surface area contributed by atoms with Crippen LogP contribution in [0.3, 0.4) is 0 Å². The first kappa shape index (κ1) is 14.5. The zero-order valence-corrected chi connectivity index (χ0v) is 11.2. The molecule has 1 N–H and O–H groups in total. The highest BCUT2D eigenvalue weighted by Gasteiger charge is 2.21. The van der Waals surface area contributed by atoms with E-state index >= 15 is 0 Å². The van der Waals surface area contributed by atoms with E-state index in [1.807, 2.05) is 0 Å². The lowest BCUT2D eigenvalue weighted by atomic mass is 10.3. The number of nitrogens with one attached hydrogen (secondary N) is 1. The molecule has 0 aliphatic carbocycles. The quantitative estimate of drug-likeness (QED) is 0.640. The molecule has 0 aromatic carbocycles. The van der Waals surface area contributed by atoms with Crippen LogP contribution < -0.4 is 10.1 Å². The van der Waals surface area contributed by atoms with Crippen molar-refractivity contribution >= 4 is 11.7 Å². The predicted molar refractivity (Wildman–Crippen MR) is 71.5 cm³/mol. The summed E-state index contributed by atoms with van der Waals surface area (Å²) < 4.78 is 10.4. The molecule has 1 amide bonds. The van der Waals surface area contributed by atoms with Crippen molar-refractivity contribution in [2.45, 2.75) is 19.6 Å². The Balaban J connectivity index is 1.96. The Morgan fingerprint density at radius 1 is 1.52 bits per heavy atom. The number of amides is 1. The van der Waals surface area contributed by atoms with Crippen molar-refractivity contribution in [2.24, 2.45) is 0 Å². The van der Waals surface area contributed by atoms with Crippen LogP contribution in [0.15, 0.2) is 41.1 Å². The standard InChI is InChI=1S/C13H13N3O5/c1-9(13(17)15-8-10-4-3-7-20-10)21-11-5-2-6-14-12(11)16(18)19/h2-7,9H,8H2,1H3,(H,15,17)/t9-/m0/s1. The number of pyridine rings is 1. The molecule has 0 aliphatic rings. The second-order valence-corrected chi connectivity index (χ2v) is 4.14. The van der Waals surface area contributed by atoms with E-state index in [2.05, 4.69) is 10.3 Å². The summed E-state index contributed by atoms with van der Waals surface area (Å²) in [6.07, 6.45) is 1.88. The maximum Gasteiger partial charge on any atom is 0.406 e. The number of rotatable bonds is 6. The van der Waals surface area contributed by atoms with Gasteiger partial charge in [0.05, 0.1) is 12.8 Å². The molecular weight excluding hydrogens is 278 g/mol. The summed E-state index contributed by atoms with van der Waals surface area (Å²) in [5.41, 5.74) is 0. The van der Waals surface area contributed by atoms with Crippen LogP contribution >= 0.6 is 0 Å². The Labute approximate surface area is 119 Å². The number of carbonyl (C=O) groups is 1. The maximum atomic E-state index is 11.9. The third-order valence-electron chi connectivity index (χ3n) is 2.61. The van der Waals surface area contributed by atoms with E-state index in [9.17, 15) is 14.9 Å². The van der Waals surface area contributed by atoms with Crippen LogP contribution in [0.2, 0.25) is 0 Å². The predicted octanol–water partition coefficient (Wildman–Crippen LogP) is 1.67. The van der Waals surface area contributed by atoms with E-state index in [4.69, 9.17) is 9.15 Å². The largest absolute Gasteiger partial charge is 0.473 e. The van der Waals surface area contributed by atoms with E-state index in [1.54, 1.807) is 12.1 Å². The smallest absolute Gasteiger partial charge is 0.406 e. The number of ether oxygens (including phenoxy) is 1. The number of nitro groups is 1. The second-order valence-electron chi connectivity index (χ2n) is 4.14. The molecule has 21 heavy (non-hydrogen) atoms. The average molecular weight is 291 g/mol. The molecule has 2 heterocycles. The molecule has 8 nitrogen and oxygen atoms in total. The van der Waals surface area contributed by atoms with Crippen LogP contribution in [0.5, 0.6) is 5.75 Å². The third kappa shape index (κ3) is 3.78. The van der Waals surface area contributed by atoms with Gasteiger partial charge in [-0.2, -0.15) is 0 Å².